The quantitative estimate of drug-likeness (QED) is 0.868. The van der Waals surface area contributed by atoms with E-state index in [-0.39, 0.29) is 12.2 Å². The van der Waals surface area contributed by atoms with E-state index in [0.717, 1.165) is 43.6 Å². The smallest absolute Gasteiger partial charge is 0.274 e. The summed E-state index contributed by atoms with van der Waals surface area (Å²) < 4.78 is 5.40. The Morgan fingerprint density at radius 1 is 1.36 bits per heavy atom. The molecule has 0 saturated carbocycles. The van der Waals surface area contributed by atoms with Crippen LogP contribution in [0, 0.1) is 0 Å². The van der Waals surface area contributed by atoms with Crippen LogP contribution in [0.5, 0.6) is 0 Å². The number of nitrogens with zero attached hydrogens (tertiary/aromatic N) is 2. The van der Waals surface area contributed by atoms with Crippen molar-refractivity contribution in [2.75, 3.05) is 18.2 Å². The Labute approximate surface area is 130 Å². The van der Waals surface area contributed by atoms with Gasteiger partial charge >= 0.3 is 0 Å². The molecule has 0 spiro atoms. The first-order chi connectivity index (χ1) is 10.7. The van der Waals surface area contributed by atoms with Crippen LogP contribution >= 0.6 is 0 Å². The number of benzene rings is 1. The lowest BCUT2D eigenvalue weighted by atomic mass is 10.2. The van der Waals surface area contributed by atoms with Gasteiger partial charge in [0.25, 0.3) is 5.91 Å². The Morgan fingerprint density at radius 2 is 2.18 bits per heavy atom. The van der Waals surface area contributed by atoms with E-state index in [9.17, 15) is 4.79 Å². The van der Waals surface area contributed by atoms with Gasteiger partial charge in [0.05, 0.1) is 5.69 Å². The summed E-state index contributed by atoms with van der Waals surface area (Å²) in [6, 6.07) is 7.35. The van der Waals surface area contributed by atoms with Gasteiger partial charge in [-0.15, -0.1) is 0 Å². The highest BCUT2D eigenvalue weighted by Crippen LogP contribution is 2.20. The summed E-state index contributed by atoms with van der Waals surface area (Å²) in [7, 11) is 0. The first kappa shape index (κ1) is 15.0. The number of ether oxygens (including phenoxy) is 1. The minimum absolute atomic E-state index is 0.262. The lowest BCUT2D eigenvalue weighted by Gasteiger charge is -2.22. The third kappa shape index (κ3) is 3.64. The van der Waals surface area contributed by atoms with Crippen molar-refractivity contribution in [2.24, 2.45) is 5.10 Å². The molecule has 22 heavy (non-hydrogen) atoms. The molecular formula is C16H21N3O3. The predicted molar refractivity (Wildman–Crippen MR) is 83.7 cm³/mol. The minimum Gasteiger partial charge on any atom is -0.350 e. The number of hydrogen-bond donors (Lipinski definition) is 1. The molecule has 2 heterocycles. The van der Waals surface area contributed by atoms with Crippen LogP contribution in [0.25, 0.3) is 0 Å². The molecule has 3 rings (SSSR count). The van der Waals surface area contributed by atoms with E-state index in [0.29, 0.717) is 12.2 Å². The van der Waals surface area contributed by atoms with Gasteiger partial charge in [-0.1, -0.05) is 0 Å². The lowest BCUT2D eigenvalue weighted by molar-refractivity contribution is -0.186. The topological polar surface area (TPSA) is 63.2 Å². The van der Waals surface area contributed by atoms with Gasteiger partial charge in [-0.3, -0.25) is 9.80 Å². The number of anilines is 1. The molecule has 1 unspecified atom stereocenters. The minimum atomic E-state index is -0.334. The van der Waals surface area contributed by atoms with Gasteiger partial charge in [-0.25, -0.2) is 10.3 Å². The number of hydrazone groups is 1. The Morgan fingerprint density at radius 3 is 2.82 bits per heavy atom. The van der Waals surface area contributed by atoms with Crippen molar-refractivity contribution in [1.82, 2.24) is 5.48 Å². The zero-order valence-electron chi connectivity index (χ0n) is 12.7. The molecule has 1 aromatic rings. The van der Waals surface area contributed by atoms with Crippen molar-refractivity contribution in [3.05, 3.63) is 29.8 Å². The van der Waals surface area contributed by atoms with Gasteiger partial charge in [0.2, 0.25) is 0 Å². The highest BCUT2D eigenvalue weighted by atomic mass is 16.8. The maximum Gasteiger partial charge on any atom is 0.274 e. The van der Waals surface area contributed by atoms with Crippen LogP contribution in [0.2, 0.25) is 0 Å². The molecule has 2 aliphatic heterocycles. The number of amides is 1. The summed E-state index contributed by atoms with van der Waals surface area (Å²) in [6.07, 6.45) is 3.57. The van der Waals surface area contributed by atoms with Crippen molar-refractivity contribution in [2.45, 2.75) is 38.9 Å². The number of carbonyl (C=O) groups excluding carboxylic acids is 1. The van der Waals surface area contributed by atoms with Crippen molar-refractivity contribution in [3.8, 4) is 0 Å². The lowest BCUT2D eigenvalue weighted by Crippen LogP contribution is -2.33. The van der Waals surface area contributed by atoms with Crippen molar-refractivity contribution in [1.29, 1.82) is 0 Å². The second-order valence-electron chi connectivity index (χ2n) is 5.60. The predicted octanol–water partition coefficient (Wildman–Crippen LogP) is 2.46. The van der Waals surface area contributed by atoms with Gasteiger partial charge in [-0.2, -0.15) is 5.10 Å². The molecule has 1 aromatic carbocycles. The molecule has 0 bridgehead atoms. The van der Waals surface area contributed by atoms with E-state index in [1.54, 1.807) is 12.1 Å². The highest BCUT2D eigenvalue weighted by molar-refractivity contribution is 5.94. The number of carbonyl (C=O) groups is 1. The molecule has 0 aromatic heterocycles. The zero-order valence-corrected chi connectivity index (χ0v) is 12.7. The van der Waals surface area contributed by atoms with Crippen molar-refractivity contribution < 1.29 is 14.4 Å². The Bertz CT molecular complexity index is 550. The SMILES string of the molecule is CC1=NN(c2ccc(C(=O)NOC3CCCCO3)cc2)CC1. The number of nitrogens with one attached hydrogen (secondary N) is 1. The third-order valence-corrected chi connectivity index (χ3v) is 3.83. The second-order valence-corrected chi connectivity index (χ2v) is 5.60. The largest absolute Gasteiger partial charge is 0.350 e. The van der Waals surface area contributed by atoms with Crippen molar-refractivity contribution in [3.63, 3.8) is 0 Å². The third-order valence-electron chi connectivity index (χ3n) is 3.83. The number of hydrogen-bond acceptors (Lipinski definition) is 5. The molecule has 1 atom stereocenters. The fourth-order valence-electron chi connectivity index (χ4n) is 2.53. The van der Waals surface area contributed by atoms with Crippen LogP contribution in [-0.2, 0) is 9.57 Å². The standard InChI is InChI=1S/C16H21N3O3/c1-12-9-10-19(17-12)14-7-5-13(6-8-14)16(20)18-22-15-4-2-3-11-21-15/h5-8,15H,2-4,9-11H2,1H3,(H,18,20). The highest BCUT2D eigenvalue weighted by Gasteiger charge is 2.17. The Hall–Kier alpha value is -1.92. The molecule has 6 nitrogen and oxygen atoms in total. The molecule has 0 aliphatic carbocycles. The first-order valence-corrected chi connectivity index (χ1v) is 7.71. The fourth-order valence-corrected chi connectivity index (χ4v) is 2.53. The van der Waals surface area contributed by atoms with Crippen LogP contribution in [0.4, 0.5) is 5.69 Å². The van der Waals surface area contributed by atoms with Gasteiger partial charge in [0.1, 0.15) is 0 Å². The molecular weight excluding hydrogens is 282 g/mol. The second kappa shape index (κ2) is 6.89. The van der Waals surface area contributed by atoms with E-state index in [1.165, 1.54) is 0 Å². The maximum absolute atomic E-state index is 12.0. The summed E-state index contributed by atoms with van der Waals surface area (Å²) >= 11 is 0. The van der Waals surface area contributed by atoms with E-state index in [2.05, 4.69) is 10.6 Å². The van der Waals surface area contributed by atoms with Gasteiger partial charge in [-0.05, 0) is 44.0 Å². The van der Waals surface area contributed by atoms with E-state index >= 15 is 0 Å². The average molecular weight is 303 g/mol. The van der Waals surface area contributed by atoms with E-state index < -0.39 is 0 Å². The monoisotopic (exact) mass is 303 g/mol. The van der Waals surface area contributed by atoms with Crippen LogP contribution in [-0.4, -0.2) is 31.1 Å². The van der Waals surface area contributed by atoms with Crippen LogP contribution in [0.15, 0.2) is 29.4 Å². The Kier molecular flexibility index (Phi) is 4.70. The van der Waals surface area contributed by atoms with Crippen molar-refractivity contribution >= 4 is 17.3 Å². The number of hydroxylamine groups is 1. The van der Waals surface area contributed by atoms with Crippen LogP contribution in [0.1, 0.15) is 43.0 Å². The molecule has 6 heteroatoms. The molecule has 118 valence electrons. The molecule has 1 N–H and O–H groups in total. The first-order valence-electron chi connectivity index (χ1n) is 7.71. The molecule has 0 radical (unpaired) electrons. The maximum atomic E-state index is 12.0. The zero-order chi connectivity index (χ0) is 15.4. The summed E-state index contributed by atoms with van der Waals surface area (Å²) in [5, 5.41) is 6.39. The van der Waals surface area contributed by atoms with E-state index in [1.807, 2.05) is 24.1 Å². The summed E-state index contributed by atoms with van der Waals surface area (Å²) in [5.41, 5.74) is 5.13. The average Bonchev–Trinajstić information content (AvgIpc) is 3.00. The molecule has 1 amide bonds. The van der Waals surface area contributed by atoms with Crippen LogP contribution in [0.3, 0.4) is 0 Å². The normalized spacial score (nSPS) is 21.6. The molecule has 1 fully saturated rings. The summed E-state index contributed by atoms with van der Waals surface area (Å²) in [4.78, 5) is 17.3. The molecule has 2 aliphatic rings. The van der Waals surface area contributed by atoms with Gasteiger partial charge in [0.15, 0.2) is 6.29 Å². The fraction of sp³-hybridized carbons (Fsp3) is 0.500. The van der Waals surface area contributed by atoms with E-state index in [4.69, 9.17) is 9.57 Å². The summed E-state index contributed by atoms with van der Waals surface area (Å²) in [6.45, 7) is 3.59. The Balaban J connectivity index is 1.54. The summed E-state index contributed by atoms with van der Waals surface area (Å²) in [5.74, 6) is -0.262. The number of rotatable bonds is 4. The van der Waals surface area contributed by atoms with Crippen LogP contribution < -0.4 is 10.5 Å². The van der Waals surface area contributed by atoms with Gasteiger partial charge in [0, 0.05) is 37.3 Å². The molecule has 1 saturated heterocycles. The van der Waals surface area contributed by atoms with Gasteiger partial charge < -0.3 is 4.74 Å².